The summed E-state index contributed by atoms with van der Waals surface area (Å²) in [6.45, 7) is 13.1. The maximum Gasteiger partial charge on any atom is 0.127 e. The van der Waals surface area contributed by atoms with Crippen molar-refractivity contribution in [2.75, 3.05) is 0 Å². The van der Waals surface area contributed by atoms with Crippen LogP contribution in [0.5, 0.6) is 5.75 Å². The fraction of sp³-hybridized carbons (Fsp3) is 0.625. The topological polar surface area (TPSA) is 20.2 Å². The summed E-state index contributed by atoms with van der Waals surface area (Å²) in [4.78, 5) is 0. The van der Waals surface area contributed by atoms with Crippen LogP contribution in [0.3, 0.4) is 0 Å². The molecule has 0 unspecified atom stereocenters. The molecule has 0 aliphatic rings. The second-order valence-electron chi connectivity index (χ2n) is 6.13. The zero-order valence-corrected chi connectivity index (χ0v) is 12.0. The smallest absolute Gasteiger partial charge is 0.127 e. The molecule has 0 aromatic heterocycles. The molecular formula is C16H25O. The third-order valence-corrected chi connectivity index (χ3v) is 4.20. The van der Waals surface area contributed by atoms with Gasteiger partial charge in [-0.25, -0.2) is 0 Å². The number of phenolic OH excluding ortho intramolecular Hbond substituents is 1. The SMILES string of the molecule is CCC(C)(C)c1c[c]c(O)c(C(C)(C)CC)c1. The lowest BCUT2D eigenvalue weighted by molar-refractivity contribution is 0.424. The van der Waals surface area contributed by atoms with Crippen LogP contribution < -0.4 is 0 Å². The summed E-state index contributed by atoms with van der Waals surface area (Å²) in [6.07, 6.45) is 2.09. The van der Waals surface area contributed by atoms with Crippen LogP contribution in [0.2, 0.25) is 0 Å². The molecule has 17 heavy (non-hydrogen) atoms. The van der Waals surface area contributed by atoms with Gasteiger partial charge in [-0.2, -0.15) is 0 Å². The quantitative estimate of drug-likeness (QED) is 0.807. The molecule has 95 valence electrons. The normalized spacial score (nSPS) is 12.8. The molecule has 0 atom stereocenters. The lowest BCUT2D eigenvalue weighted by Crippen LogP contribution is -2.20. The Morgan fingerprint density at radius 1 is 1.06 bits per heavy atom. The summed E-state index contributed by atoms with van der Waals surface area (Å²) < 4.78 is 0. The van der Waals surface area contributed by atoms with Gasteiger partial charge in [-0.15, -0.1) is 0 Å². The zero-order chi connectivity index (χ0) is 13.3. The van der Waals surface area contributed by atoms with Crippen LogP contribution in [0, 0.1) is 6.07 Å². The predicted molar refractivity (Wildman–Crippen MR) is 73.6 cm³/mol. The molecule has 0 heterocycles. The first-order chi connectivity index (χ1) is 7.74. The third kappa shape index (κ3) is 2.83. The van der Waals surface area contributed by atoms with Crippen LogP contribution in [0.25, 0.3) is 0 Å². The van der Waals surface area contributed by atoms with E-state index in [4.69, 9.17) is 0 Å². The van der Waals surface area contributed by atoms with Crippen molar-refractivity contribution >= 4 is 0 Å². The molecule has 0 bridgehead atoms. The van der Waals surface area contributed by atoms with E-state index in [1.807, 2.05) is 6.07 Å². The average molecular weight is 233 g/mol. The lowest BCUT2D eigenvalue weighted by atomic mass is 9.76. The molecule has 1 aromatic rings. The van der Waals surface area contributed by atoms with E-state index in [9.17, 15) is 5.11 Å². The first-order valence-electron chi connectivity index (χ1n) is 6.50. The Kier molecular flexibility index (Phi) is 3.91. The monoisotopic (exact) mass is 233 g/mol. The first kappa shape index (κ1) is 14.1. The van der Waals surface area contributed by atoms with Crippen LogP contribution in [-0.2, 0) is 10.8 Å². The minimum atomic E-state index is 0.000411. The highest BCUT2D eigenvalue weighted by Crippen LogP contribution is 2.37. The minimum Gasteiger partial charge on any atom is -0.507 e. The van der Waals surface area contributed by atoms with Crippen molar-refractivity contribution < 1.29 is 5.11 Å². The van der Waals surface area contributed by atoms with Crippen molar-refractivity contribution in [3.05, 3.63) is 29.3 Å². The van der Waals surface area contributed by atoms with E-state index in [-0.39, 0.29) is 10.8 Å². The Balaban J connectivity index is 3.30. The highest BCUT2D eigenvalue weighted by atomic mass is 16.3. The summed E-state index contributed by atoms with van der Waals surface area (Å²) >= 11 is 0. The molecule has 0 saturated heterocycles. The molecule has 0 aliphatic heterocycles. The van der Waals surface area contributed by atoms with Gasteiger partial charge in [0, 0.05) is 11.6 Å². The summed E-state index contributed by atoms with van der Waals surface area (Å²) in [7, 11) is 0. The van der Waals surface area contributed by atoms with Crippen LogP contribution in [0.15, 0.2) is 12.1 Å². The average Bonchev–Trinajstić information content (AvgIpc) is 2.29. The number of phenols is 1. The second kappa shape index (κ2) is 4.72. The summed E-state index contributed by atoms with van der Waals surface area (Å²) in [5, 5.41) is 9.98. The number of benzene rings is 1. The van der Waals surface area contributed by atoms with Crippen molar-refractivity contribution in [1.82, 2.24) is 0 Å². The van der Waals surface area contributed by atoms with E-state index in [0.29, 0.717) is 5.75 Å². The fourth-order valence-corrected chi connectivity index (χ4v) is 1.79. The Morgan fingerprint density at radius 3 is 2.06 bits per heavy atom. The number of hydrogen-bond acceptors (Lipinski definition) is 1. The van der Waals surface area contributed by atoms with Crippen LogP contribution >= 0.6 is 0 Å². The maximum absolute atomic E-state index is 9.98. The Bertz CT molecular complexity index is 389. The van der Waals surface area contributed by atoms with E-state index >= 15 is 0 Å². The van der Waals surface area contributed by atoms with Gasteiger partial charge in [-0.3, -0.25) is 0 Å². The molecular weight excluding hydrogens is 208 g/mol. The number of aromatic hydroxyl groups is 1. The van der Waals surface area contributed by atoms with Crippen LogP contribution in [0.1, 0.15) is 65.5 Å². The molecule has 1 aromatic carbocycles. The maximum atomic E-state index is 9.98. The molecule has 0 spiro atoms. The van der Waals surface area contributed by atoms with Crippen molar-refractivity contribution in [2.24, 2.45) is 0 Å². The highest BCUT2D eigenvalue weighted by molar-refractivity contribution is 5.42. The molecule has 0 saturated carbocycles. The van der Waals surface area contributed by atoms with Gasteiger partial charge in [0.25, 0.3) is 0 Å². The van der Waals surface area contributed by atoms with Crippen molar-refractivity contribution in [2.45, 2.75) is 65.2 Å². The second-order valence-corrected chi connectivity index (χ2v) is 6.13. The standard InChI is InChI=1S/C16H25O/c1-7-15(3,4)12-9-10-14(17)13(11-12)16(5,6)8-2/h9,11,17H,7-8H2,1-6H3. The third-order valence-electron chi connectivity index (χ3n) is 4.20. The minimum absolute atomic E-state index is 0.000411. The van der Waals surface area contributed by atoms with Gasteiger partial charge in [0.1, 0.15) is 5.75 Å². The predicted octanol–water partition coefficient (Wildman–Crippen LogP) is 4.57. The van der Waals surface area contributed by atoms with Gasteiger partial charge < -0.3 is 5.11 Å². The van der Waals surface area contributed by atoms with E-state index in [1.165, 1.54) is 5.56 Å². The van der Waals surface area contributed by atoms with Crippen LogP contribution in [0.4, 0.5) is 0 Å². The van der Waals surface area contributed by atoms with Crippen molar-refractivity contribution in [3.8, 4) is 5.75 Å². The van der Waals surface area contributed by atoms with Gasteiger partial charge in [0.05, 0.1) is 0 Å². The Morgan fingerprint density at radius 2 is 1.59 bits per heavy atom. The summed E-state index contributed by atoms with van der Waals surface area (Å²) in [6, 6.07) is 7.08. The van der Waals surface area contributed by atoms with E-state index in [1.54, 1.807) is 0 Å². The first-order valence-corrected chi connectivity index (χ1v) is 6.50. The van der Waals surface area contributed by atoms with Gasteiger partial charge in [0.2, 0.25) is 0 Å². The molecule has 0 aliphatic carbocycles. The zero-order valence-electron chi connectivity index (χ0n) is 12.0. The Hall–Kier alpha value is -0.980. The summed E-state index contributed by atoms with van der Waals surface area (Å²) in [5.41, 5.74) is 2.41. The Labute approximate surface area is 106 Å². The fourth-order valence-electron chi connectivity index (χ4n) is 1.79. The molecule has 1 radical (unpaired) electrons. The highest BCUT2D eigenvalue weighted by Gasteiger charge is 2.25. The van der Waals surface area contributed by atoms with Gasteiger partial charge in [-0.05, 0) is 35.3 Å². The molecule has 1 rings (SSSR count). The van der Waals surface area contributed by atoms with E-state index in [2.05, 4.69) is 53.7 Å². The molecule has 1 nitrogen and oxygen atoms in total. The largest absolute Gasteiger partial charge is 0.507 e. The number of hydrogen-bond donors (Lipinski definition) is 1. The molecule has 1 heteroatoms. The van der Waals surface area contributed by atoms with Gasteiger partial charge in [-0.1, -0.05) is 47.6 Å². The molecule has 0 amide bonds. The van der Waals surface area contributed by atoms with Crippen molar-refractivity contribution in [3.63, 3.8) is 0 Å². The van der Waals surface area contributed by atoms with Gasteiger partial charge in [0.15, 0.2) is 0 Å². The van der Waals surface area contributed by atoms with Crippen LogP contribution in [-0.4, -0.2) is 5.11 Å². The molecule has 1 N–H and O–H groups in total. The number of rotatable bonds is 4. The lowest BCUT2D eigenvalue weighted by Gasteiger charge is -2.29. The summed E-state index contributed by atoms with van der Waals surface area (Å²) in [5.74, 6) is 0.299. The van der Waals surface area contributed by atoms with Crippen molar-refractivity contribution in [1.29, 1.82) is 0 Å². The van der Waals surface area contributed by atoms with Gasteiger partial charge >= 0.3 is 0 Å². The van der Waals surface area contributed by atoms with E-state index < -0.39 is 0 Å². The molecule has 0 fully saturated rings. The van der Waals surface area contributed by atoms with E-state index in [0.717, 1.165) is 18.4 Å².